The van der Waals surface area contributed by atoms with Crippen molar-refractivity contribution in [2.75, 3.05) is 0 Å². The molecule has 0 aliphatic heterocycles. The molecule has 1 aromatic carbocycles. The maximum atomic E-state index is 9.49. The molecule has 0 heterocycles. The molecule has 0 radical (unpaired) electrons. The molecular formula is C15H24O2. The molecule has 17 heavy (non-hydrogen) atoms. The first-order valence-corrected chi connectivity index (χ1v) is 6.70. The molecule has 0 saturated carbocycles. The van der Waals surface area contributed by atoms with Crippen LogP contribution in [-0.2, 0) is 0 Å². The number of rotatable bonds is 7. The third-order valence-electron chi connectivity index (χ3n) is 3.30. The first kappa shape index (κ1) is 13.9. The zero-order chi connectivity index (χ0) is 12.7. The van der Waals surface area contributed by atoms with Crippen molar-refractivity contribution in [2.45, 2.75) is 58.3 Å². The molecule has 0 bridgehead atoms. The summed E-state index contributed by atoms with van der Waals surface area (Å²) in [5.74, 6) is 0.767. The van der Waals surface area contributed by atoms with E-state index in [1.165, 1.54) is 31.7 Å². The van der Waals surface area contributed by atoms with Gasteiger partial charge in [0.2, 0.25) is 0 Å². The molecule has 0 spiro atoms. The fourth-order valence-electron chi connectivity index (χ4n) is 2.28. The SMILES string of the molecule is CCCCCC[C@H](CC)c1cc(O)cc(O)c1. The molecule has 1 atom stereocenters. The van der Waals surface area contributed by atoms with Gasteiger partial charge in [-0.15, -0.1) is 0 Å². The maximum absolute atomic E-state index is 9.49. The summed E-state index contributed by atoms with van der Waals surface area (Å²) in [6.07, 6.45) is 7.24. The Kier molecular flexibility index (Phi) is 5.88. The van der Waals surface area contributed by atoms with Crippen LogP contribution in [-0.4, -0.2) is 10.2 Å². The number of benzene rings is 1. The fourth-order valence-corrected chi connectivity index (χ4v) is 2.28. The highest BCUT2D eigenvalue weighted by Crippen LogP contribution is 2.31. The van der Waals surface area contributed by atoms with Crippen LogP contribution in [0.2, 0.25) is 0 Å². The van der Waals surface area contributed by atoms with Gasteiger partial charge < -0.3 is 10.2 Å². The lowest BCUT2D eigenvalue weighted by Crippen LogP contribution is -1.97. The van der Waals surface area contributed by atoms with Crippen molar-refractivity contribution >= 4 is 0 Å². The lowest BCUT2D eigenvalue weighted by molar-refractivity contribution is 0.445. The van der Waals surface area contributed by atoms with Gasteiger partial charge in [-0.2, -0.15) is 0 Å². The number of aromatic hydroxyl groups is 2. The Balaban J connectivity index is 2.59. The van der Waals surface area contributed by atoms with E-state index in [1.54, 1.807) is 12.1 Å². The van der Waals surface area contributed by atoms with Crippen LogP contribution in [0, 0.1) is 0 Å². The number of phenols is 2. The van der Waals surface area contributed by atoms with E-state index in [0.29, 0.717) is 5.92 Å². The van der Waals surface area contributed by atoms with Crippen molar-refractivity contribution in [1.29, 1.82) is 0 Å². The number of phenolic OH excluding ortho intramolecular Hbond substituents is 2. The van der Waals surface area contributed by atoms with Crippen molar-refractivity contribution < 1.29 is 10.2 Å². The van der Waals surface area contributed by atoms with Gasteiger partial charge in [-0.25, -0.2) is 0 Å². The van der Waals surface area contributed by atoms with Gasteiger partial charge in [-0.3, -0.25) is 0 Å². The number of hydrogen-bond donors (Lipinski definition) is 2. The Morgan fingerprint density at radius 1 is 0.941 bits per heavy atom. The lowest BCUT2D eigenvalue weighted by atomic mass is 9.90. The van der Waals surface area contributed by atoms with E-state index in [-0.39, 0.29) is 11.5 Å². The Bertz CT molecular complexity index is 313. The quantitative estimate of drug-likeness (QED) is 0.681. The van der Waals surface area contributed by atoms with Crippen molar-refractivity contribution in [1.82, 2.24) is 0 Å². The molecule has 0 aliphatic carbocycles. The highest BCUT2D eigenvalue weighted by atomic mass is 16.3. The van der Waals surface area contributed by atoms with Crippen molar-refractivity contribution in [3.05, 3.63) is 23.8 Å². The van der Waals surface area contributed by atoms with Crippen molar-refractivity contribution in [3.8, 4) is 11.5 Å². The van der Waals surface area contributed by atoms with E-state index in [0.717, 1.165) is 18.4 Å². The van der Waals surface area contributed by atoms with Gasteiger partial charge >= 0.3 is 0 Å². The van der Waals surface area contributed by atoms with Gasteiger partial charge in [0.15, 0.2) is 0 Å². The van der Waals surface area contributed by atoms with E-state index in [2.05, 4.69) is 13.8 Å². The van der Waals surface area contributed by atoms with Crippen LogP contribution in [0.5, 0.6) is 11.5 Å². The Morgan fingerprint density at radius 2 is 1.59 bits per heavy atom. The normalized spacial score (nSPS) is 12.6. The summed E-state index contributed by atoms with van der Waals surface area (Å²) in [5, 5.41) is 19.0. The van der Waals surface area contributed by atoms with Gasteiger partial charge in [0, 0.05) is 6.07 Å². The van der Waals surface area contributed by atoms with Crippen LogP contribution in [0.1, 0.15) is 63.9 Å². The van der Waals surface area contributed by atoms with Gasteiger partial charge in [0.05, 0.1) is 0 Å². The lowest BCUT2D eigenvalue weighted by Gasteiger charge is -2.15. The molecule has 0 saturated heterocycles. The summed E-state index contributed by atoms with van der Waals surface area (Å²) in [5.41, 5.74) is 1.06. The molecule has 0 aliphatic rings. The van der Waals surface area contributed by atoms with Gasteiger partial charge in [-0.1, -0.05) is 39.5 Å². The molecule has 0 unspecified atom stereocenters. The standard InChI is InChI=1S/C15H24O2/c1-3-5-6-7-8-12(4-2)13-9-14(16)11-15(17)10-13/h9-12,16-17H,3-8H2,1-2H3/t12-/m0/s1. The van der Waals surface area contributed by atoms with Crippen LogP contribution >= 0.6 is 0 Å². The molecule has 2 heteroatoms. The van der Waals surface area contributed by atoms with Crippen LogP contribution in [0.3, 0.4) is 0 Å². The van der Waals surface area contributed by atoms with Crippen molar-refractivity contribution in [3.63, 3.8) is 0 Å². The summed E-state index contributed by atoms with van der Waals surface area (Å²) in [4.78, 5) is 0. The van der Waals surface area contributed by atoms with Crippen LogP contribution in [0.15, 0.2) is 18.2 Å². The molecule has 2 nitrogen and oxygen atoms in total. The monoisotopic (exact) mass is 236 g/mol. The molecule has 1 aromatic rings. The van der Waals surface area contributed by atoms with Gasteiger partial charge in [0.25, 0.3) is 0 Å². The molecule has 1 rings (SSSR count). The molecule has 0 fully saturated rings. The molecule has 0 amide bonds. The van der Waals surface area contributed by atoms with E-state index >= 15 is 0 Å². The van der Waals surface area contributed by atoms with Crippen LogP contribution < -0.4 is 0 Å². The maximum Gasteiger partial charge on any atom is 0.119 e. The van der Waals surface area contributed by atoms with Gasteiger partial charge in [-0.05, 0) is 36.5 Å². The third kappa shape index (κ3) is 4.68. The van der Waals surface area contributed by atoms with Crippen LogP contribution in [0.4, 0.5) is 0 Å². The van der Waals surface area contributed by atoms with Crippen molar-refractivity contribution in [2.24, 2.45) is 0 Å². The largest absolute Gasteiger partial charge is 0.508 e. The fraction of sp³-hybridized carbons (Fsp3) is 0.600. The highest BCUT2D eigenvalue weighted by molar-refractivity contribution is 5.38. The minimum atomic E-state index is 0.159. The highest BCUT2D eigenvalue weighted by Gasteiger charge is 2.11. The van der Waals surface area contributed by atoms with E-state index in [4.69, 9.17) is 0 Å². The van der Waals surface area contributed by atoms with E-state index in [1.807, 2.05) is 0 Å². The molecule has 2 N–H and O–H groups in total. The number of unbranched alkanes of at least 4 members (excludes halogenated alkanes) is 3. The molecule has 96 valence electrons. The minimum absolute atomic E-state index is 0.159. The molecular weight excluding hydrogens is 212 g/mol. The Morgan fingerprint density at radius 3 is 2.12 bits per heavy atom. The summed E-state index contributed by atoms with van der Waals surface area (Å²) >= 11 is 0. The minimum Gasteiger partial charge on any atom is -0.508 e. The topological polar surface area (TPSA) is 40.5 Å². The smallest absolute Gasteiger partial charge is 0.119 e. The summed E-state index contributed by atoms with van der Waals surface area (Å²) in [7, 11) is 0. The first-order valence-electron chi connectivity index (χ1n) is 6.70. The average molecular weight is 236 g/mol. The summed E-state index contributed by atoms with van der Waals surface area (Å²) < 4.78 is 0. The summed E-state index contributed by atoms with van der Waals surface area (Å²) in [6.45, 7) is 4.37. The van der Waals surface area contributed by atoms with E-state index in [9.17, 15) is 10.2 Å². The summed E-state index contributed by atoms with van der Waals surface area (Å²) in [6, 6.07) is 4.93. The Hall–Kier alpha value is -1.18. The second-order valence-corrected chi connectivity index (χ2v) is 4.74. The zero-order valence-electron chi connectivity index (χ0n) is 10.9. The zero-order valence-corrected chi connectivity index (χ0v) is 10.9. The Labute approximate surface area is 104 Å². The predicted octanol–water partition coefficient (Wildman–Crippen LogP) is 4.56. The molecule has 0 aromatic heterocycles. The second-order valence-electron chi connectivity index (χ2n) is 4.74. The van der Waals surface area contributed by atoms with Crippen LogP contribution in [0.25, 0.3) is 0 Å². The predicted molar refractivity (Wildman–Crippen MR) is 71.6 cm³/mol. The average Bonchev–Trinajstić information content (AvgIpc) is 2.28. The second kappa shape index (κ2) is 7.21. The third-order valence-corrected chi connectivity index (χ3v) is 3.30. The van der Waals surface area contributed by atoms with Gasteiger partial charge in [0.1, 0.15) is 11.5 Å². The number of hydrogen-bond acceptors (Lipinski definition) is 2. The first-order chi connectivity index (χ1) is 8.17. The van der Waals surface area contributed by atoms with E-state index < -0.39 is 0 Å².